The van der Waals surface area contributed by atoms with E-state index in [1.807, 2.05) is 60.7 Å². The maximum atomic E-state index is 12.2. The van der Waals surface area contributed by atoms with E-state index >= 15 is 0 Å². The summed E-state index contributed by atoms with van der Waals surface area (Å²) in [5.41, 5.74) is 5.65. The summed E-state index contributed by atoms with van der Waals surface area (Å²) in [6.07, 6.45) is 0. The molecule has 4 heteroatoms. The van der Waals surface area contributed by atoms with Crippen LogP contribution in [-0.2, 0) is 0 Å². The van der Waals surface area contributed by atoms with Crippen molar-refractivity contribution in [2.24, 2.45) is 5.10 Å². The van der Waals surface area contributed by atoms with E-state index in [1.165, 1.54) is 0 Å². The molecule has 0 heterocycles. The number of hydrazone groups is 1. The second-order valence-corrected chi connectivity index (χ2v) is 5.58. The summed E-state index contributed by atoms with van der Waals surface area (Å²) in [7, 11) is 0. The molecule has 0 saturated carbocycles. The van der Waals surface area contributed by atoms with Gasteiger partial charge in [0.15, 0.2) is 0 Å². The van der Waals surface area contributed by atoms with Crippen molar-refractivity contribution in [2.45, 2.75) is 0 Å². The minimum Gasteiger partial charge on any atom is -0.267 e. The lowest BCUT2D eigenvalue weighted by Gasteiger charge is -2.08. The van der Waals surface area contributed by atoms with E-state index in [1.54, 1.807) is 24.3 Å². The number of carbonyl (C=O) groups is 1. The summed E-state index contributed by atoms with van der Waals surface area (Å²) >= 11 is 5.96. The van der Waals surface area contributed by atoms with Gasteiger partial charge in [0.1, 0.15) is 0 Å². The summed E-state index contributed by atoms with van der Waals surface area (Å²) < 4.78 is 0. The minimum absolute atomic E-state index is 0.252. The summed E-state index contributed by atoms with van der Waals surface area (Å²) in [5.74, 6) is -0.252. The van der Waals surface area contributed by atoms with Gasteiger partial charge in [0.05, 0.1) is 5.71 Å². The first-order valence-electron chi connectivity index (χ1n) is 7.48. The van der Waals surface area contributed by atoms with Gasteiger partial charge in [-0.25, -0.2) is 5.43 Å². The van der Waals surface area contributed by atoms with Crippen LogP contribution in [0.4, 0.5) is 0 Å². The fourth-order valence-corrected chi connectivity index (χ4v) is 2.39. The molecular formula is C20H15ClN2O. The van der Waals surface area contributed by atoms with Crippen LogP contribution in [0.25, 0.3) is 0 Å². The van der Waals surface area contributed by atoms with Gasteiger partial charge in [-0.3, -0.25) is 4.79 Å². The van der Waals surface area contributed by atoms with Crippen LogP contribution in [0.5, 0.6) is 0 Å². The van der Waals surface area contributed by atoms with Crippen molar-refractivity contribution in [1.29, 1.82) is 0 Å². The van der Waals surface area contributed by atoms with Crippen LogP contribution in [0.3, 0.4) is 0 Å². The molecule has 0 saturated heterocycles. The van der Waals surface area contributed by atoms with Gasteiger partial charge in [-0.15, -0.1) is 0 Å². The van der Waals surface area contributed by atoms with Crippen LogP contribution in [-0.4, -0.2) is 11.6 Å². The molecule has 3 rings (SSSR count). The second-order valence-electron chi connectivity index (χ2n) is 5.14. The lowest BCUT2D eigenvalue weighted by Crippen LogP contribution is -2.20. The fraction of sp³-hybridized carbons (Fsp3) is 0. The van der Waals surface area contributed by atoms with E-state index in [0.717, 1.165) is 11.1 Å². The normalized spacial score (nSPS) is 11.1. The van der Waals surface area contributed by atoms with E-state index in [-0.39, 0.29) is 5.91 Å². The summed E-state index contributed by atoms with van der Waals surface area (Å²) in [5, 5.41) is 5.00. The number of rotatable bonds is 4. The van der Waals surface area contributed by atoms with Gasteiger partial charge in [0, 0.05) is 21.7 Å². The molecule has 3 aromatic rings. The average Bonchev–Trinajstić information content (AvgIpc) is 2.65. The average molecular weight is 335 g/mol. The Labute approximate surface area is 145 Å². The molecule has 1 amide bonds. The zero-order valence-corrected chi connectivity index (χ0v) is 13.6. The maximum absolute atomic E-state index is 12.2. The molecule has 0 spiro atoms. The van der Waals surface area contributed by atoms with Gasteiger partial charge in [0.2, 0.25) is 0 Å². The van der Waals surface area contributed by atoms with Crippen LogP contribution in [0.1, 0.15) is 21.5 Å². The Bertz CT molecular complexity index is 844. The number of hydrogen-bond acceptors (Lipinski definition) is 2. The van der Waals surface area contributed by atoms with Crippen molar-refractivity contribution < 1.29 is 4.79 Å². The molecule has 0 aliphatic rings. The molecule has 0 bridgehead atoms. The largest absolute Gasteiger partial charge is 0.271 e. The molecule has 1 N–H and O–H groups in total. The number of nitrogens with zero attached hydrogens (tertiary/aromatic N) is 1. The number of hydrogen-bond donors (Lipinski definition) is 1. The van der Waals surface area contributed by atoms with E-state index in [2.05, 4.69) is 10.5 Å². The number of nitrogens with one attached hydrogen (secondary N) is 1. The van der Waals surface area contributed by atoms with E-state index in [9.17, 15) is 4.79 Å². The monoisotopic (exact) mass is 334 g/mol. The quantitative estimate of drug-likeness (QED) is 0.553. The Morgan fingerprint density at radius 1 is 0.708 bits per heavy atom. The molecule has 0 unspecified atom stereocenters. The van der Waals surface area contributed by atoms with Crippen molar-refractivity contribution >= 4 is 23.2 Å². The third-order valence-electron chi connectivity index (χ3n) is 3.47. The summed E-state index contributed by atoms with van der Waals surface area (Å²) in [6.45, 7) is 0. The minimum atomic E-state index is -0.252. The first kappa shape index (κ1) is 16.0. The van der Waals surface area contributed by atoms with Crippen LogP contribution < -0.4 is 5.43 Å². The predicted octanol–water partition coefficient (Wildman–Crippen LogP) is 4.52. The molecule has 0 atom stereocenters. The highest BCUT2D eigenvalue weighted by Crippen LogP contribution is 2.14. The van der Waals surface area contributed by atoms with E-state index in [4.69, 9.17) is 11.6 Å². The first-order valence-corrected chi connectivity index (χ1v) is 7.86. The number of carbonyl (C=O) groups excluding carboxylic acids is 1. The third-order valence-corrected chi connectivity index (χ3v) is 3.72. The molecule has 0 radical (unpaired) electrons. The summed E-state index contributed by atoms with van der Waals surface area (Å²) in [6, 6.07) is 26.0. The van der Waals surface area contributed by atoms with Crippen LogP contribution in [0.15, 0.2) is 90.0 Å². The molecule has 0 aliphatic heterocycles. The third kappa shape index (κ3) is 3.89. The van der Waals surface area contributed by atoms with Gasteiger partial charge >= 0.3 is 0 Å². The van der Waals surface area contributed by atoms with Crippen molar-refractivity contribution in [3.63, 3.8) is 0 Å². The highest BCUT2D eigenvalue weighted by molar-refractivity contribution is 6.30. The topological polar surface area (TPSA) is 41.5 Å². The fourth-order valence-electron chi connectivity index (χ4n) is 2.26. The zero-order valence-electron chi connectivity index (χ0n) is 12.8. The molecule has 0 aliphatic carbocycles. The van der Waals surface area contributed by atoms with Gasteiger partial charge in [-0.1, -0.05) is 72.3 Å². The standard InChI is InChI=1S/C20H15ClN2O/c21-18-13-11-16(12-14-18)19(15-7-3-1-4-8-15)22-23-20(24)17-9-5-2-6-10-17/h1-14H,(H,23,24)/b22-19+. The molecule has 3 nitrogen and oxygen atoms in total. The highest BCUT2D eigenvalue weighted by atomic mass is 35.5. The molecular weight excluding hydrogens is 320 g/mol. The van der Waals surface area contributed by atoms with Crippen molar-refractivity contribution in [3.8, 4) is 0 Å². The number of halogens is 1. The Morgan fingerprint density at radius 3 is 1.79 bits per heavy atom. The van der Waals surface area contributed by atoms with Crippen LogP contribution in [0, 0.1) is 0 Å². The zero-order chi connectivity index (χ0) is 16.8. The lowest BCUT2D eigenvalue weighted by molar-refractivity contribution is 0.0955. The Morgan fingerprint density at radius 2 is 1.21 bits per heavy atom. The van der Waals surface area contributed by atoms with Crippen molar-refractivity contribution in [2.75, 3.05) is 0 Å². The van der Waals surface area contributed by atoms with E-state index < -0.39 is 0 Å². The smallest absolute Gasteiger partial charge is 0.267 e. The first-order chi connectivity index (χ1) is 11.7. The Hall–Kier alpha value is -2.91. The molecule has 0 aromatic heterocycles. The van der Waals surface area contributed by atoms with Gasteiger partial charge in [-0.2, -0.15) is 5.10 Å². The summed E-state index contributed by atoms with van der Waals surface area (Å²) in [4.78, 5) is 12.2. The molecule has 24 heavy (non-hydrogen) atoms. The maximum Gasteiger partial charge on any atom is 0.271 e. The van der Waals surface area contributed by atoms with Gasteiger partial charge in [0.25, 0.3) is 5.91 Å². The molecule has 3 aromatic carbocycles. The predicted molar refractivity (Wildman–Crippen MR) is 97.4 cm³/mol. The Balaban J connectivity index is 1.93. The van der Waals surface area contributed by atoms with Crippen molar-refractivity contribution in [3.05, 3.63) is 107 Å². The van der Waals surface area contributed by atoms with Crippen molar-refractivity contribution in [1.82, 2.24) is 5.43 Å². The van der Waals surface area contributed by atoms with Gasteiger partial charge in [-0.05, 0) is 24.3 Å². The van der Waals surface area contributed by atoms with Crippen LogP contribution >= 0.6 is 11.6 Å². The van der Waals surface area contributed by atoms with Crippen LogP contribution in [0.2, 0.25) is 5.02 Å². The van der Waals surface area contributed by atoms with E-state index in [0.29, 0.717) is 16.3 Å². The highest BCUT2D eigenvalue weighted by Gasteiger charge is 2.09. The number of benzene rings is 3. The molecule has 118 valence electrons. The lowest BCUT2D eigenvalue weighted by atomic mass is 10.0. The Kier molecular flexibility index (Phi) is 5.04. The number of amides is 1. The van der Waals surface area contributed by atoms with Gasteiger partial charge < -0.3 is 0 Å². The molecule has 0 fully saturated rings. The SMILES string of the molecule is O=C(N/N=C(\c1ccccc1)c1ccc(Cl)cc1)c1ccccc1. The second kappa shape index (κ2) is 7.57.